The van der Waals surface area contributed by atoms with E-state index in [1.807, 2.05) is 0 Å². The number of hydrogen-bond acceptors (Lipinski definition) is 8. The zero-order valence-corrected chi connectivity index (χ0v) is 16.6. The van der Waals surface area contributed by atoms with E-state index >= 15 is 0 Å². The number of anilines is 1. The minimum atomic E-state index is -1.13. The highest BCUT2D eigenvalue weighted by atomic mass is 32.1. The molecule has 2 heterocycles. The summed E-state index contributed by atoms with van der Waals surface area (Å²) in [5.41, 5.74) is 2.07. The predicted molar refractivity (Wildman–Crippen MR) is 104 cm³/mol. The second kappa shape index (κ2) is 11.3. The predicted octanol–water partition coefficient (Wildman–Crippen LogP) is 2.01. The molecular formula is C16H21N5O5S2. The lowest BCUT2D eigenvalue weighted by atomic mass is 10.2. The minimum Gasteiger partial charge on any atom is -0.465 e. The Hall–Kier alpha value is -2.57. The Kier molecular flexibility index (Phi) is 8.78. The lowest BCUT2D eigenvalue weighted by molar-refractivity contribution is -0.129. The topological polar surface area (TPSA) is 145 Å². The van der Waals surface area contributed by atoms with Crippen molar-refractivity contribution in [1.29, 1.82) is 0 Å². The van der Waals surface area contributed by atoms with E-state index < -0.39 is 12.0 Å². The number of hydrogen-bond donors (Lipinski definition) is 4. The molecular weight excluding hydrogens is 406 g/mol. The number of hydroxylamine groups is 1. The molecule has 28 heavy (non-hydrogen) atoms. The van der Waals surface area contributed by atoms with Crippen LogP contribution in [0.15, 0.2) is 17.0 Å². The van der Waals surface area contributed by atoms with Gasteiger partial charge in [-0.3, -0.25) is 14.8 Å². The van der Waals surface area contributed by atoms with Crippen molar-refractivity contribution in [2.45, 2.75) is 38.6 Å². The standard InChI is InChI=1S/C16H21N5O5S2/c22-12(20-26)4-2-1-3-5-17-13(23)8-11-10-28-15(19-11)21(16(24)25)9-14-18-6-7-27-14/h6-7,10,26H,1-5,8-9H2,(H,17,23)(H,20,22)(H,24,25). The van der Waals surface area contributed by atoms with Crippen molar-refractivity contribution >= 4 is 45.7 Å². The van der Waals surface area contributed by atoms with Gasteiger partial charge in [0.05, 0.1) is 18.7 Å². The van der Waals surface area contributed by atoms with Crippen molar-refractivity contribution in [2.24, 2.45) is 0 Å². The smallest absolute Gasteiger partial charge is 0.414 e. The molecule has 2 aromatic heterocycles. The Bertz CT molecular complexity index is 780. The number of amides is 3. The number of thiazole rings is 2. The van der Waals surface area contributed by atoms with Crippen LogP contribution in [0.5, 0.6) is 0 Å². The van der Waals surface area contributed by atoms with Crippen LogP contribution in [0.2, 0.25) is 0 Å². The first-order valence-electron chi connectivity index (χ1n) is 8.52. The van der Waals surface area contributed by atoms with Crippen LogP contribution in [0.3, 0.4) is 0 Å². The summed E-state index contributed by atoms with van der Waals surface area (Å²) in [5, 5.41) is 25.0. The maximum absolute atomic E-state index is 12.0. The van der Waals surface area contributed by atoms with E-state index in [1.54, 1.807) is 22.4 Å². The van der Waals surface area contributed by atoms with E-state index in [9.17, 15) is 19.5 Å². The summed E-state index contributed by atoms with van der Waals surface area (Å²) < 4.78 is 0. The van der Waals surface area contributed by atoms with Crippen LogP contribution in [-0.4, -0.2) is 44.7 Å². The summed E-state index contributed by atoms with van der Waals surface area (Å²) in [6, 6.07) is 0. The Morgan fingerprint density at radius 1 is 1.14 bits per heavy atom. The van der Waals surface area contributed by atoms with Gasteiger partial charge >= 0.3 is 6.09 Å². The highest BCUT2D eigenvalue weighted by molar-refractivity contribution is 7.14. The molecule has 152 valence electrons. The van der Waals surface area contributed by atoms with Gasteiger partial charge in [0.25, 0.3) is 0 Å². The summed E-state index contributed by atoms with van der Waals surface area (Å²) in [6.45, 7) is 0.586. The molecule has 0 saturated carbocycles. The molecule has 0 aliphatic rings. The maximum atomic E-state index is 12.0. The number of nitrogens with one attached hydrogen (secondary N) is 2. The normalized spacial score (nSPS) is 10.5. The largest absolute Gasteiger partial charge is 0.465 e. The summed E-state index contributed by atoms with van der Waals surface area (Å²) in [6.07, 6.45) is 2.88. The average molecular weight is 428 g/mol. The monoisotopic (exact) mass is 427 g/mol. The SMILES string of the molecule is O=C(CCCCCNC(=O)Cc1csc(N(Cc2nccs2)C(=O)O)n1)NO. The molecule has 4 N–H and O–H groups in total. The molecule has 0 atom stereocenters. The highest BCUT2D eigenvalue weighted by Gasteiger charge is 2.20. The summed E-state index contributed by atoms with van der Waals surface area (Å²) in [7, 11) is 0. The van der Waals surface area contributed by atoms with Crippen LogP contribution >= 0.6 is 22.7 Å². The molecule has 0 radical (unpaired) electrons. The van der Waals surface area contributed by atoms with E-state index in [4.69, 9.17) is 5.21 Å². The third-order valence-electron chi connectivity index (χ3n) is 3.65. The molecule has 0 unspecified atom stereocenters. The second-order valence-electron chi connectivity index (χ2n) is 5.79. The third-order valence-corrected chi connectivity index (χ3v) is 5.32. The lowest BCUT2D eigenvalue weighted by Gasteiger charge is -2.13. The molecule has 10 nitrogen and oxygen atoms in total. The quantitative estimate of drug-likeness (QED) is 0.244. The maximum Gasteiger partial charge on any atom is 0.414 e. The van der Waals surface area contributed by atoms with Gasteiger partial charge in [-0.05, 0) is 12.8 Å². The van der Waals surface area contributed by atoms with Gasteiger partial charge in [0.15, 0.2) is 5.13 Å². The summed E-state index contributed by atoms with van der Waals surface area (Å²) in [5.74, 6) is -0.625. The first-order chi connectivity index (χ1) is 13.5. The molecule has 0 aliphatic heterocycles. The fraction of sp³-hybridized carbons (Fsp3) is 0.438. The molecule has 3 amide bonds. The molecule has 0 saturated heterocycles. The van der Waals surface area contributed by atoms with E-state index in [1.165, 1.54) is 11.3 Å². The number of unbranched alkanes of at least 4 members (excludes halogenated alkanes) is 2. The Morgan fingerprint density at radius 3 is 2.64 bits per heavy atom. The van der Waals surface area contributed by atoms with Crippen molar-refractivity contribution in [3.8, 4) is 0 Å². The average Bonchev–Trinajstić information content (AvgIpc) is 3.33. The number of rotatable bonds is 11. The van der Waals surface area contributed by atoms with Gasteiger partial charge in [0.2, 0.25) is 11.8 Å². The number of carbonyl (C=O) groups excluding carboxylic acids is 2. The van der Waals surface area contributed by atoms with Gasteiger partial charge in [-0.1, -0.05) is 6.42 Å². The zero-order valence-electron chi connectivity index (χ0n) is 15.0. The van der Waals surface area contributed by atoms with Crippen molar-refractivity contribution in [1.82, 2.24) is 20.8 Å². The van der Waals surface area contributed by atoms with E-state index in [-0.39, 0.29) is 25.3 Å². The fourth-order valence-corrected chi connectivity index (χ4v) is 3.70. The van der Waals surface area contributed by atoms with Gasteiger partial charge in [0, 0.05) is 29.9 Å². The number of aromatic nitrogens is 2. The van der Waals surface area contributed by atoms with Crippen molar-refractivity contribution in [3.63, 3.8) is 0 Å². The van der Waals surface area contributed by atoms with Gasteiger partial charge < -0.3 is 10.4 Å². The zero-order chi connectivity index (χ0) is 20.4. The molecule has 0 bridgehead atoms. The van der Waals surface area contributed by atoms with E-state index in [0.717, 1.165) is 22.7 Å². The third kappa shape index (κ3) is 7.21. The van der Waals surface area contributed by atoms with Crippen LogP contribution in [0, 0.1) is 0 Å². The molecule has 0 fully saturated rings. The van der Waals surface area contributed by atoms with E-state index in [2.05, 4.69) is 15.3 Å². The Labute approximate surface area is 169 Å². The van der Waals surface area contributed by atoms with Crippen molar-refractivity contribution in [2.75, 3.05) is 11.4 Å². The Morgan fingerprint density at radius 2 is 1.96 bits per heavy atom. The first kappa shape index (κ1) is 21.7. The molecule has 0 aliphatic carbocycles. The van der Waals surface area contributed by atoms with Gasteiger partial charge in [0.1, 0.15) is 5.01 Å². The second-order valence-corrected chi connectivity index (χ2v) is 7.60. The highest BCUT2D eigenvalue weighted by Crippen LogP contribution is 2.23. The van der Waals surface area contributed by atoms with Crippen LogP contribution in [0.4, 0.5) is 9.93 Å². The van der Waals surface area contributed by atoms with Gasteiger partial charge in [-0.15, -0.1) is 22.7 Å². The Balaban J connectivity index is 1.75. The van der Waals surface area contributed by atoms with Crippen LogP contribution in [0.25, 0.3) is 0 Å². The lowest BCUT2D eigenvalue weighted by Crippen LogP contribution is -2.29. The van der Waals surface area contributed by atoms with Crippen LogP contribution in [0.1, 0.15) is 36.4 Å². The number of carboxylic acid groups (broad SMARTS) is 1. The minimum absolute atomic E-state index is 0.0636. The van der Waals surface area contributed by atoms with Gasteiger partial charge in [-0.2, -0.15) is 0 Å². The van der Waals surface area contributed by atoms with Gasteiger partial charge in [-0.25, -0.2) is 25.1 Å². The molecule has 0 aromatic carbocycles. The molecule has 12 heteroatoms. The van der Waals surface area contributed by atoms with Crippen LogP contribution in [-0.2, 0) is 22.6 Å². The first-order valence-corrected chi connectivity index (χ1v) is 10.3. The molecule has 2 aromatic rings. The van der Waals surface area contributed by atoms with Crippen LogP contribution < -0.4 is 15.7 Å². The number of carbonyl (C=O) groups is 3. The number of nitrogens with zero attached hydrogens (tertiary/aromatic N) is 3. The van der Waals surface area contributed by atoms with E-state index in [0.29, 0.717) is 35.2 Å². The fourth-order valence-electron chi connectivity index (χ4n) is 2.28. The van der Waals surface area contributed by atoms with Crippen molar-refractivity contribution in [3.05, 3.63) is 27.7 Å². The molecule has 0 spiro atoms. The van der Waals surface area contributed by atoms with Crippen molar-refractivity contribution < 1.29 is 24.7 Å². The molecule has 2 rings (SSSR count). The summed E-state index contributed by atoms with van der Waals surface area (Å²) in [4.78, 5) is 43.8. The summed E-state index contributed by atoms with van der Waals surface area (Å²) >= 11 is 2.52.